The van der Waals surface area contributed by atoms with Crippen LogP contribution in [0.4, 0.5) is 0 Å². The Balaban J connectivity index is 2.77. The number of likely N-dealkylation sites (N-methyl/N-ethyl adjacent to an activating group) is 2. The Bertz CT molecular complexity index is 302. The van der Waals surface area contributed by atoms with Crippen molar-refractivity contribution in [3.8, 4) is 0 Å². The molecule has 0 spiro atoms. The lowest BCUT2D eigenvalue weighted by Gasteiger charge is -2.43. The zero-order valence-corrected chi connectivity index (χ0v) is 11.8. The quantitative estimate of drug-likeness (QED) is 0.791. The van der Waals surface area contributed by atoms with E-state index >= 15 is 0 Å². The summed E-state index contributed by atoms with van der Waals surface area (Å²) in [6.07, 6.45) is 2.67. The summed E-state index contributed by atoms with van der Waals surface area (Å²) in [7, 11) is 2.03. The molecule has 0 aromatic carbocycles. The summed E-state index contributed by atoms with van der Waals surface area (Å²) in [5.74, 6) is 1.05. The molecule has 0 aliphatic heterocycles. The van der Waals surface area contributed by atoms with Crippen molar-refractivity contribution >= 4 is 0 Å². The Labute approximate surface area is 105 Å². The smallest absolute Gasteiger partial charge is 0.105 e. The van der Waals surface area contributed by atoms with Crippen LogP contribution in [0, 0.1) is 0 Å². The molecular formula is C14H26N2O. The molecule has 3 heteroatoms. The van der Waals surface area contributed by atoms with Gasteiger partial charge in [0.25, 0.3) is 0 Å². The van der Waals surface area contributed by atoms with E-state index in [4.69, 9.17) is 4.42 Å². The highest BCUT2D eigenvalue weighted by Gasteiger charge is 2.33. The van der Waals surface area contributed by atoms with Gasteiger partial charge in [0.2, 0.25) is 0 Å². The van der Waals surface area contributed by atoms with Gasteiger partial charge < -0.3 is 9.73 Å². The molecule has 1 heterocycles. The van der Waals surface area contributed by atoms with Gasteiger partial charge in [0.1, 0.15) is 5.76 Å². The number of hydrogen-bond acceptors (Lipinski definition) is 3. The molecule has 0 radical (unpaired) electrons. The number of rotatable bonds is 7. The van der Waals surface area contributed by atoms with Crippen molar-refractivity contribution in [1.29, 1.82) is 0 Å². The van der Waals surface area contributed by atoms with Crippen LogP contribution in [0.5, 0.6) is 0 Å². The van der Waals surface area contributed by atoms with E-state index in [1.54, 1.807) is 6.26 Å². The molecule has 3 nitrogen and oxygen atoms in total. The van der Waals surface area contributed by atoms with Crippen LogP contribution < -0.4 is 5.32 Å². The Hall–Kier alpha value is -0.800. The van der Waals surface area contributed by atoms with Crippen LogP contribution in [0.1, 0.15) is 33.5 Å². The molecule has 1 atom stereocenters. The van der Waals surface area contributed by atoms with Crippen molar-refractivity contribution in [2.24, 2.45) is 0 Å². The third kappa shape index (κ3) is 3.33. The molecule has 1 N–H and O–H groups in total. The van der Waals surface area contributed by atoms with Gasteiger partial charge in [-0.15, -0.1) is 0 Å². The van der Waals surface area contributed by atoms with E-state index in [-0.39, 0.29) is 5.54 Å². The van der Waals surface area contributed by atoms with Gasteiger partial charge in [-0.2, -0.15) is 0 Å². The minimum absolute atomic E-state index is 0.116. The molecule has 0 aliphatic carbocycles. The monoisotopic (exact) mass is 238 g/mol. The van der Waals surface area contributed by atoms with Gasteiger partial charge in [-0.1, -0.05) is 13.8 Å². The van der Waals surface area contributed by atoms with E-state index in [9.17, 15) is 0 Å². The predicted molar refractivity (Wildman–Crippen MR) is 72.3 cm³/mol. The summed E-state index contributed by atoms with van der Waals surface area (Å²) in [5, 5.41) is 3.43. The van der Waals surface area contributed by atoms with E-state index in [1.165, 1.54) is 0 Å². The highest BCUT2D eigenvalue weighted by atomic mass is 16.3. The summed E-state index contributed by atoms with van der Waals surface area (Å²) in [6.45, 7) is 11.2. The van der Waals surface area contributed by atoms with E-state index < -0.39 is 0 Å². The third-order valence-electron chi connectivity index (χ3n) is 3.77. The van der Waals surface area contributed by atoms with Crippen LogP contribution in [0.25, 0.3) is 0 Å². The normalized spacial score (nSPS) is 14.2. The molecule has 0 fully saturated rings. The molecule has 0 aliphatic rings. The van der Waals surface area contributed by atoms with Gasteiger partial charge in [0.15, 0.2) is 0 Å². The van der Waals surface area contributed by atoms with Gasteiger partial charge in [0.05, 0.1) is 6.26 Å². The van der Waals surface area contributed by atoms with Crippen molar-refractivity contribution in [3.05, 3.63) is 24.2 Å². The van der Waals surface area contributed by atoms with Crippen LogP contribution in [0.15, 0.2) is 22.8 Å². The largest absolute Gasteiger partial charge is 0.469 e. The van der Waals surface area contributed by atoms with Crippen molar-refractivity contribution in [3.63, 3.8) is 0 Å². The number of hydrogen-bond donors (Lipinski definition) is 1. The molecule has 1 unspecified atom stereocenters. The predicted octanol–water partition coefficient (Wildman–Crippen LogP) is 2.53. The highest BCUT2D eigenvalue weighted by Crippen LogP contribution is 2.21. The zero-order chi connectivity index (χ0) is 12.9. The number of nitrogens with one attached hydrogen (secondary N) is 1. The SMILES string of the molecule is CCN(CC)C(C)(C)C(Cc1ccco1)NC. The van der Waals surface area contributed by atoms with Crippen LogP contribution in [-0.4, -0.2) is 36.6 Å². The second-order valence-corrected chi connectivity index (χ2v) is 4.95. The maximum Gasteiger partial charge on any atom is 0.105 e. The van der Waals surface area contributed by atoms with Gasteiger partial charge >= 0.3 is 0 Å². The fourth-order valence-electron chi connectivity index (χ4n) is 2.59. The fourth-order valence-corrected chi connectivity index (χ4v) is 2.59. The minimum Gasteiger partial charge on any atom is -0.469 e. The lowest BCUT2D eigenvalue weighted by Crippen LogP contribution is -2.57. The van der Waals surface area contributed by atoms with Crippen molar-refractivity contribution in [2.75, 3.05) is 20.1 Å². The first-order valence-electron chi connectivity index (χ1n) is 6.50. The summed E-state index contributed by atoms with van der Waals surface area (Å²) in [4.78, 5) is 2.48. The zero-order valence-electron chi connectivity index (χ0n) is 11.8. The standard InChI is InChI=1S/C14H26N2O/c1-6-16(7-2)14(3,4)13(15-5)11-12-9-8-10-17-12/h8-10,13,15H,6-7,11H2,1-5H3. The second-order valence-electron chi connectivity index (χ2n) is 4.95. The highest BCUT2D eigenvalue weighted by molar-refractivity contribution is 5.05. The van der Waals surface area contributed by atoms with E-state index in [0.717, 1.165) is 25.3 Å². The molecule has 0 bridgehead atoms. The second kappa shape index (κ2) is 6.22. The van der Waals surface area contributed by atoms with Crippen LogP contribution in [0.2, 0.25) is 0 Å². The average molecular weight is 238 g/mol. The average Bonchev–Trinajstić information content (AvgIpc) is 2.79. The molecule has 17 heavy (non-hydrogen) atoms. The lowest BCUT2D eigenvalue weighted by atomic mass is 9.89. The Kier molecular flexibility index (Phi) is 5.22. The van der Waals surface area contributed by atoms with Crippen LogP contribution >= 0.6 is 0 Å². The summed E-state index contributed by atoms with van der Waals surface area (Å²) < 4.78 is 5.45. The van der Waals surface area contributed by atoms with E-state index in [1.807, 2.05) is 19.2 Å². The Morgan fingerprint density at radius 1 is 1.35 bits per heavy atom. The summed E-state index contributed by atoms with van der Waals surface area (Å²) in [5.41, 5.74) is 0.116. The lowest BCUT2D eigenvalue weighted by molar-refractivity contribution is 0.0921. The molecule has 1 aromatic heterocycles. The maximum atomic E-state index is 5.45. The molecule has 0 saturated carbocycles. The van der Waals surface area contributed by atoms with Gasteiger partial charge in [-0.3, -0.25) is 4.90 Å². The van der Waals surface area contributed by atoms with E-state index in [0.29, 0.717) is 6.04 Å². The molecular weight excluding hydrogens is 212 g/mol. The van der Waals surface area contributed by atoms with Crippen LogP contribution in [-0.2, 0) is 6.42 Å². The first kappa shape index (κ1) is 14.3. The van der Waals surface area contributed by atoms with Crippen LogP contribution in [0.3, 0.4) is 0 Å². The van der Waals surface area contributed by atoms with Gasteiger partial charge in [-0.25, -0.2) is 0 Å². The summed E-state index contributed by atoms with van der Waals surface area (Å²) in [6, 6.07) is 4.38. The van der Waals surface area contributed by atoms with Gasteiger partial charge in [0, 0.05) is 18.0 Å². The molecule has 1 aromatic rings. The van der Waals surface area contributed by atoms with Crippen molar-refractivity contribution in [1.82, 2.24) is 10.2 Å². The number of nitrogens with zero attached hydrogens (tertiary/aromatic N) is 1. The Morgan fingerprint density at radius 2 is 2.00 bits per heavy atom. The minimum atomic E-state index is 0.116. The first-order chi connectivity index (χ1) is 8.06. The molecule has 0 amide bonds. The van der Waals surface area contributed by atoms with Crippen molar-refractivity contribution < 1.29 is 4.42 Å². The molecule has 0 saturated heterocycles. The first-order valence-corrected chi connectivity index (χ1v) is 6.50. The number of furan rings is 1. The molecule has 98 valence electrons. The molecule has 1 rings (SSSR count). The Morgan fingerprint density at radius 3 is 2.41 bits per heavy atom. The summed E-state index contributed by atoms with van der Waals surface area (Å²) >= 11 is 0. The fraction of sp³-hybridized carbons (Fsp3) is 0.714. The maximum absolute atomic E-state index is 5.45. The third-order valence-corrected chi connectivity index (χ3v) is 3.77. The van der Waals surface area contributed by atoms with E-state index in [2.05, 4.69) is 37.9 Å². The van der Waals surface area contributed by atoms with Gasteiger partial charge in [-0.05, 0) is 46.1 Å². The topological polar surface area (TPSA) is 28.4 Å². The van der Waals surface area contributed by atoms with Crippen molar-refractivity contribution in [2.45, 2.75) is 45.7 Å².